The predicted molar refractivity (Wildman–Crippen MR) is 90.0 cm³/mol. The van der Waals surface area contributed by atoms with Crippen molar-refractivity contribution in [2.45, 2.75) is 51.7 Å². The zero-order valence-electron chi connectivity index (χ0n) is 13.7. The molecule has 0 amide bonds. The van der Waals surface area contributed by atoms with Crippen LogP contribution in [0, 0.1) is 6.92 Å². The minimum absolute atomic E-state index is 0.748. The molecule has 3 rings (SSSR count). The first-order chi connectivity index (χ1) is 10.2. The summed E-state index contributed by atoms with van der Waals surface area (Å²) in [5, 5.41) is 3.41. The van der Waals surface area contributed by atoms with Crippen LogP contribution in [0.2, 0.25) is 0 Å². The van der Waals surface area contributed by atoms with Gasteiger partial charge in [0.05, 0.1) is 0 Å². The van der Waals surface area contributed by atoms with E-state index < -0.39 is 0 Å². The van der Waals surface area contributed by atoms with Crippen LogP contribution in [0.1, 0.15) is 37.3 Å². The highest BCUT2D eigenvalue weighted by Crippen LogP contribution is 2.32. The first kappa shape index (κ1) is 14.9. The van der Waals surface area contributed by atoms with Crippen molar-refractivity contribution in [3.8, 4) is 0 Å². The topological polar surface area (TPSA) is 18.5 Å². The second-order valence-corrected chi connectivity index (χ2v) is 6.69. The number of aryl methyl sites for hydroxylation is 1. The standard InChI is InChI=1S/C18H29N3/c1-4-19-12-15-5-8-18(14(2)11-15)21-10-9-16-6-7-17(13-21)20(16)3/h5,8,11,16-17,19H,4,6-7,9-10,12-13H2,1-3H3. The van der Waals surface area contributed by atoms with Crippen LogP contribution in [-0.2, 0) is 6.54 Å². The number of likely N-dealkylation sites (N-methyl/N-ethyl adjacent to an activating group) is 1. The van der Waals surface area contributed by atoms with E-state index in [1.807, 2.05) is 0 Å². The molecule has 1 N–H and O–H groups in total. The zero-order valence-corrected chi connectivity index (χ0v) is 13.7. The van der Waals surface area contributed by atoms with Crippen LogP contribution in [0.15, 0.2) is 18.2 Å². The molecule has 3 heteroatoms. The molecule has 2 atom stereocenters. The van der Waals surface area contributed by atoms with E-state index in [0.29, 0.717) is 0 Å². The van der Waals surface area contributed by atoms with E-state index in [4.69, 9.17) is 0 Å². The third-order valence-electron chi connectivity index (χ3n) is 5.33. The predicted octanol–water partition coefficient (Wildman–Crippen LogP) is 2.78. The average molecular weight is 287 g/mol. The van der Waals surface area contributed by atoms with Gasteiger partial charge in [-0.25, -0.2) is 0 Å². The van der Waals surface area contributed by atoms with Crippen LogP contribution in [0.4, 0.5) is 5.69 Å². The largest absolute Gasteiger partial charge is 0.370 e. The quantitative estimate of drug-likeness (QED) is 0.918. The molecule has 21 heavy (non-hydrogen) atoms. The summed E-state index contributed by atoms with van der Waals surface area (Å²) in [7, 11) is 2.32. The Morgan fingerprint density at radius 2 is 2.00 bits per heavy atom. The summed E-state index contributed by atoms with van der Waals surface area (Å²) < 4.78 is 0. The average Bonchev–Trinajstić information content (AvgIpc) is 2.71. The van der Waals surface area contributed by atoms with Crippen LogP contribution in [-0.4, -0.2) is 43.7 Å². The maximum absolute atomic E-state index is 3.41. The number of nitrogens with zero attached hydrogens (tertiary/aromatic N) is 2. The van der Waals surface area contributed by atoms with E-state index in [2.05, 4.69) is 54.2 Å². The van der Waals surface area contributed by atoms with Gasteiger partial charge in [-0.15, -0.1) is 0 Å². The molecule has 0 spiro atoms. The van der Waals surface area contributed by atoms with Crippen molar-refractivity contribution >= 4 is 5.69 Å². The second-order valence-electron chi connectivity index (χ2n) is 6.69. The van der Waals surface area contributed by atoms with Gasteiger partial charge in [-0.2, -0.15) is 0 Å². The van der Waals surface area contributed by atoms with Crippen molar-refractivity contribution in [2.75, 3.05) is 31.6 Å². The molecule has 1 aromatic carbocycles. The number of benzene rings is 1. The summed E-state index contributed by atoms with van der Waals surface area (Å²) in [5.41, 5.74) is 4.26. The van der Waals surface area contributed by atoms with Gasteiger partial charge in [-0.1, -0.05) is 19.1 Å². The summed E-state index contributed by atoms with van der Waals surface area (Å²) in [6.07, 6.45) is 4.08. The number of fused-ring (bicyclic) bond motifs is 2. The first-order valence-corrected chi connectivity index (χ1v) is 8.46. The lowest BCUT2D eigenvalue weighted by atomic mass is 10.0. The smallest absolute Gasteiger partial charge is 0.0396 e. The Balaban J connectivity index is 1.74. The number of hydrogen-bond acceptors (Lipinski definition) is 3. The monoisotopic (exact) mass is 287 g/mol. The Bertz CT molecular complexity index is 485. The summed E-state index contributed by atoms with van der Waals surface area (Å²) >= 11 is 0. The number of anilines is 1. The molecular weight excluding hydrogens is 258 g/mol. The van der Waals surface area contributed by atoms with Gasteiger partial charge in [-0.3, -0.25) is 4.90 Å². The van der Waals surface area contributed by atoms with Gasteiger partial charge in [0.1, 0.15) is 0 Å². The van der Waals surface area contributed by atoms with Crippen molar-refractivity contribution in [2.24, 2.45) is 0 Å². The lowest BCUT2D eigenvalue weighted by Crippen LogP contribution is -2.36. The Labute approximate surface area is 129 Å². The fourth-order valence-electron chi connectivity index (χ4n) is 3.98. The summed E-state index contributed by atoms with van der Waals surface area (Å²) in [4.78, 5) is 5.24. The van der Waals surface area contributed by atoms with Crippen molar-refractivity contribution in [1.29, 1.82) is 0 Å². The molecule has 2 saturated heterocycles. The fourth-order valence-corrected chi connectivity index (χ4v) is 3.98. The van der Waals surface area contributed by atoms with Crippen LogP contribution in [0.25, 0.3) is 0 Å². The van der Waals surface area contributed by atoms with E-state index in [9.17, 15) is 0 Å². The normalized spacial score (nSPS) is 26.1. The Kier molecular flexibility index (Phi) is 4.51. The number of nitrogens with one attached hydrogen (secondary N) is 1. The van der Waals surface area contributed by atoms with Crippen molar-refractivity contribution in [3.05, 3.63) is 29.3 Å². The van der Waals surface area contributed by atoms with E-state index >= 15 is 0 Å². The van der Waals surface area contributed by atoms with Gasteiger partial charge in [0, 0.05) is 37.4 Å². The van der Waals surface area contributed by atoms with Crippen molar-refractivity contribution < 1.29 is 0 Å². The van der Waals surface area contributed by atoms with Gasteiger partial charge in [0.2, 0.25) is 0 Å². The minimum atomic E-state index is 0.748. The Hall–Kier alpha value is -1.06. The van der Waals surface area contributed by atoms with Crippen molar-refractivity contribution in [3.63, 3.8) is 0 Å². The molecule has 2 fully saturated rings. The highest BCUT2D eigenvalue weighted by atomic mass is 15.3. The highest BCUT2D eigenvalue weighted by Gasteiger charge is 2.34. The highest BCUT2D eigenvalue weighted by molar-refractivity contribution is 5.55. The van der Waals surface area contributed by atoms with Crippen LogP contribution in [0.5, 0.6) is 0 Å². The van der Waals surface area contributed by atoms with Crippen molar-refractivity contribution in [1.82, 2.24) is 10.2 Å². The van der Waals surface area contributed by atoms with Gasteiger partial charge in [-0.05, 0) is 57.0 Å². The molecule has 3 nitrogen and oxygen atoms in total. The second kappa shape index (κ2) is 6.37. The maximum atomic E-state index is 3.41. The van der Waals surface area contributed by atoms with E-state index in [1.165, 1.54) is 49.2 Å². The van der Waals surface area contributed by atoms with Gasteiger partial charge in [0.25, 0.3) is 0 Å². The molecule has 2 aliphatic rings. The van der Waals surface area contributed by atoms with E-state index in [-0.39, 0.29) is 0 Å². The molecule has 2 aliphatic heterocycles. The molecule has 1 aromatic rings. The van der Waals surface area contributed by atoms with Crippen LogP contribution in [0.3, 0.4) is 0 Å². The fraction of sp³-hybridized carbons (Fsp3) is 0.667. The third-order valence-corrected chi connectivity index (χ3v) is 5.33. The minimum Gasteiger partial charge on any atom is -0.370 e. The summed E-state index contributed by atoms with van der Waals surface area (Å²) in [5.74, 6) is 0. The molecule has 2 heterocycles. The van der Waals surface area contributed by atoms with Gasteiger partial charge < -0.3 is 10.2 Å². The molecule has 2 bridgehead atoms. The lowest BCUT2D eigenvalue weighted by Gasteiger charge is -2.29. The summed E-state index contributed by atoms with van der Waals surface area (Å²) in [6.45, 7) is 8.83. The number of rotatable bonds is 4. The lowest BCUT2D eigenvalue weighted by molar-refractivity contribution is 0.254. The van der Waals surface area contributed by atoms with Gasteiger partial charge in [0.15, 0.2) is 0 Å². The van der Waals surface area contributed by atoms with Gasteiger partial charge >= 0.3 is 0 Å². The SMILES string of the molecule is CCNCc1ccc(N2CCC3CCC(C2)N3C)c(C)c1. The first-order valence-electron chi connectivity index (χ1n) is 8.46. The third kappa shape index (κ3) is 3.09. The molecule has 0 aliphatic carbocycles. The van der Waals surface area contributed by atoms with E-state index in [0.717, 1.165) is 25.2 Å². The Morgan fingerprint density at radius 3 is 2.76 bits per heavy atom. The van der Waals surface area contributed by atoms with Crippen LogP contribution < -0.4 is 10.2 Å². The number of hydrogen-bond donors (Lipinski definition) is 1. The molecule has 2 unspecified atom stereocenters. The molecule has 116 valence electrons. The maximum Gasteiger partial charge on any atom is 0.0396 e. The van der Waals surface area contributed by atoms with E-state index in [1.54, 1.807) is 0 Å². The molecular formula is C18H29N3. The summed E-state index contributed by atoms with van der Waals surface area (Å²) in [6, 6.07) is 8.54. The Morgan fingerprint density at radius 1 is 1.19 bits per heavy atom. The molecule has 0 radical (unpaired) electrons. The molecule has 0 aromatic heterocycles. The zero-order chi connectivity index (χ0) is 14.8. The van der Waals surface area contributed by atoms with Crippen LogP contribution >= 0.6 is 0 Å². The molecule has 0 saturated carbocycles.